The second kappa shape index (κ2) is 18.0. The number of aromatic nitrogens is 5. The number of nitrogens with two attached hydrogens (primary N) is 2. The third-order valence-electron chi connectivity index (χ3n) is 7.73. The average Bonchev–Trinajstić information content (AvgIpc) is 3.84. The van der Waals surface area contributed by atoms with Gasteiger partial charge in [0.1, 0.15) is 22.9 Å². The molecule has 0 radical (unpaired) electrons. The number of aryl methyl sites for hydroxylation is 3. The van der Waals surface area contributed by atoms with Gasteiger partial charge in [0.05, 0.1) is 37.2 Å². The molecule has 0 atom stereocenters. The van der Waals surface area contributed by atoms with Crippen LogP contribution >= 0.6 is 0 Å². The summed E-state index contributed by atoms with van der Waals surface area (Å²) in [5.41, 5.74) is 16.1. The number of benzene rings is 3. The lowest BCUT2D eigenvalue weighted by Gasteiger charge is -2.08. The van der Waals surface area contributed by atoms with Crippen LogP contribution in [-0.4, -0.2) is 41.7 Å². The van der Waals surface area contributed by atoms with Gasteiger partial charge in [-0.3, -0.25) is 24.5 Å². The Labute approximate surface area is 326 Å². The Morgan fingerprint density at radius 2 is 0.947 bits per heavy atom. The number of hydrogen-bond acceptors (Lipinski definition) is 14. The monoisotopic (exact) mass is 769 g/mol. The zero-order valence-corrected chi connectivity index (χ0v) is 30.6. The molecule has 1 amide bonds. The minimum atomic E-state index is -0.734. The fourth-order valence-corrected chi connectivity index (χ4v) is 4.79. The third-order valence-corrected chi connectivity index (χ3v) is 7.73. The molecule has 0 unspecified atom stereocenters. The highest BCUT2D eigenvalue weighted by molar-refractivity contribution is 5.93. The van der Waals surface area contributed by atoms with E-state index in [2.05, 4.69) is 24.9 Å². The quantitative estimate of drug-likeness (QED) is 0.123. The highest BCUT2D eigenvalue weighted by Crippen LogP contribution is 2.33. The Hall–Kier alpha value is -7.81. The molecule has 8 aromatic rings. The van der Waals surface area contributed by atoms with Crippen LogP contribution in [0.25, 0.3) is 22.2 Å². The number of rotatable bonds is 8. The van der Waals surface area contributed by atoms with E-state index in [9.17, 15) is 14.7 Å². The molecule has 5 N–H and O–H groups in total. The van der Waals surface area contributed by atoms with Gasteiger partial charge in [0.2, 0.25) is 5.78 Å². The molecule has 0 saturated heterocycles. The normalized spacial score (nSPS) is 10.3. The topological polar surface area (TPSA) is 225 Å². The van der Waals surface area contributed by atoms with Gasteiger partial charge in [-0.25, -0.2) is 9.97 Å². The van der Waals surface area contributed by atoms with E-state index in [0.717, 1.165) is 16.7 Å². The van der Waals surface area contributed by atoms with Crippen molar-refractivity contribution in [2.24, 2.45) is 5.73 Å². The van der Waals surface area contributed by atoms with E-state index in [4.69, 9.17) is 34.5 Å². The number of hydrogen-bond donors (Lipinski definition) is 3. The SMILES string of the molecule is C.CC(=O)c1nc2c(Oc3ccc(C)cc3)cncc2o1.Cc1ccc(Oc2cncc(O)c2N)cc1.Cc1ccc(Oc2cncc3oc(C(N)=O)nc23)cc1. The summed E-state index contributed by atoms with van der Waals surface area (Å²) < 4.78 is 27.5. The number of nitrogens with zero attached hydrogens (tertiary/aromatic N) is 5. The molecule has 8 rings (SSSR count). The van der Waals surface area contributed by atoms with Crippen LogP contribution in [0, 0.1) is 20.8 Å². The molecular weight excluding hydrogens is 731 g/mol. The summed E-state index contributed by atoms with van der Waals surface area (Å²) in [6.07, 6.45) is 8.77. The lowest BCUT2D eigenvalue weighted by molar-refractivity contribution is 0.0966. The number of aromatic hydroxyl groups is 1. The molecule has 5 heterocycles. The van der Waals surface area contributed by atoms with Crippen molar-refractivity contribution in [1.29, 1.82) is 0 Å². The fraction of sp³-hybridized carbons (Fsp3) is 0.119. The largest absolute Gasteiger partial charge is 0.504 e. The fourth-order valence-electron chi connectivity index (χ4n) is 4.79. The van der Waals surface area contributed by atoms with E-state index in [-0.39, 0.29) is 36.4 Å². The van der Waals surface area contributed by atoms with Crippen molar-refractivity contribution in [3.8, 4) is 40.2 Å². The third kappa shape index (κ3) is 10.2. The Bertz CT molecular complexity index is 2490. The average molecular weight is 770 g/mol. The van der Waals surface area contributed by atoms with Crippen molar-refractivity contribution in [2.45, 2.75) is 35.1 Å². The number of ketones is 1. The summed E-state index contributed by atoms with van der Waals surface area (Å²) in [6.45, 7) is 7.39. The van der Waals surface area contributed by atoms with Crippen molar-refractivity contribution >= 4 is 39.6 Å². The van der Waals surface area contributed by atoms with Crippen molar-refractivity contribution in [2.75, 3.05) is 5.73 Å². The highest BCUT2D eigenvalue weighted by Gasteiger charge is 2.16. The maximum atomic E-state index is 11.3. The molecule has 15 heteroatoms. The number of amides is 1. The summed E-state index contributed by atoms with van der Waals surface area (Å²) in [5, 5.41) is 9.35. The van der Waals surface area contributed by atoms with Crippen molar-refractivity contribution < 1.29 is 37.7 Å². The minimum absolute atomic E-state index is 0. The predicted octanol–water partition coefficient (Wildman–Crippen LogP) is 9.05. The molecule has 0 spiro atoms. The molecule has 290 valence electrons. The summed E-state index contributed by atoms with van der Waals surface area (Å²) in [5.74, 6) is 2.04. The number of pyridine rings is 3. The first-order valence-corrected chi connectivity index (χ1v) is 16.9. The zero-order chi connectivity index (χ0) is 39.8. The van der Waals surface area contributed by atoms with Gasteiger partial charge < -0.3 is 39.6 Å². The molecule has 57 heavy (non-hydrogen) atoms. The van der Waals surface area contributed by atoms with E-state index < -0.39 is 5.91 Å². The van der Waals surface area contributed by atoms with E-state index in [1.54, 1.807) is 6.20 Å². The van der Waals surface area contributed by atoms with Crippen LogP contribution in [0.5, 0.6) is 40.2 Å². The predicted molar refractivity (Wildman–Crippen MR) is 213 cm³/mol. The number of anilines is 1. The number of primary amides is 1. The minimum Gasteiger partial charge on any atom is -0.504 e. The Kier molecular flexibility index (Phi) is 12.8. The number of oxazole rings is 2. The van der Waals surface area contributed by atoms with E-state index in [1.807, 2.05) is 93.6 Å². The summed E-state index contributed by atoms with van der Waals surface area (Å²) in [7, 11) is 0. The van der Waals surface area contributed by atoms with Crippen molar-refractivity contribution in [3.05, 3.63) is 138 Å². The highest BCUT2D eigenvalue weighted by atomic mass is 16.5. The number of nitrogen functional groups attached to an aromatic ring is 1. The van der Waals surface area contributed by atoms with E-state index in [0.29, 0.717) is 56.7 Å². The van der Waals surface area contributed by atoms with Crippen molar-refractivity contribution in [3.63, 3.8) is 0 Å². The molecule has 0 saturated carbocycles. The van der Waals surface area contributed by atoms with Crippen LogP contribution in [0.4, 0.5) is 5.69 Å². The molecule has 0 fully saturated rings. The standard InChI is InChI=1S/C15H12N2O3.C14H11N3O3.C12H12N2O2.CH4/c1-9-3-5-11(6-4-9)19-12-7-16-8-13-14(12)17-15(20-13)10(2)18;1-8-2-4-9(5-3-8)19-10-6-16-7-11-12(10)17-14(20-11)13(15)18;1-8-2-4-9(5-3-8)16-11-7-14-6-10(15)12(11)13;/h3-8H,1-2H3;2-7H,1H3,(H2,15,18);2-7,15H,1H3,(H2,13,14);1H4. The lowest BCUT2D eigenvalue weighted by atomic mass is 10.2. The molecule has 0 aliphatic heterocycles. The van der Waals surface area contributed by atoms with Gasteiger partial charge >= 0.3 is 5.91 Å². The molecular formula is C42H39N7O8. The lowest BCUT2D eigenvalue weighted by Crippen LogP contribution is -2.10. The second-order valence-corrected chi connectivity index (χ2v) is 12.2. The molecule has 15 nitrogen and oxygen atoms in total. The molecule has 0 aliphatic rings. The Morgan fingerprint density at radius 3 is 1.37 bits per heavy atom. The molecule has 3 aromatic carbocycles. The van der Waals surface area contributed by atoms with Gasteiger partial charge in [-0.1, -0.05) is 60.5 Å². The van der Waals surface area contributed by atoms with Crippen LogP contribution in [0.2, 0.25) is 0 Å². The summed E-state index contributed by atoms with van der Waals surface area (Å²) in [6, 6.07) is 22.7. The van der Waals surface area contributed by atoms with Gasteiger partial charge in [0.15, 0.2) is 45.2 Å². The van der Waals surface area contributed by atoms with Crippen molar-refractivity contribution in [1.82, 2.24) is 24.9 Å². The summed E-state index contributed by atoms with van der Waals surface area (Å²) >= 11 is 0. The molecule has 0 bridgehead atoms. The number of carbonyl (C=O) groups is 2. The van der Waals surface area contributed by atoms with E-state index in [1.165, 1.54) is 37.9 Å². The number of ether oxygens (including phenoxy) is 3. The van der Waals surface area contributed by atoms with Gasteiger partial charge in [-0.05, 0) is 57.2 Å². The van der Waals surface area contributed by atoms with Crippen LogP contribution < -0.4 is 25.7 Å². The number of carbonyl (C=O) groups excluding carboxylic acids is 2. The van der Waals surface area contributed by atoms with Crippen LogP contribution in [0.1, 0.15) is 52.4 Å². The number of Topliss-reactive ketones (excluding diaryl/α,β-unsaturated/α-hetero) is 1. The van der Waals surface area contributed by atoms with Crippen LogP contribution in [0.3, 0.4) is 0 Å². The Balaban J connectivity index is 0.000000163. The van der Waals surface area contributed by atoms with Crippen LogP contribution in [0.15, 0.2) is 119 Å². The Morgan fingerprint density at radius 1 is 0.579 bits per heavy atom. The maximum absolute atomic E-state index is 11.3. The smallest absolute Gasteiger partial charge is 0.304 e. The summed E-state index contributed by atoms with van der Waals surface area (Å²) in [4.78, 5) is 42.4. The molecule has 5 aromatic heterocycles. The van der Waals surface area contributed by atoms with E-state index >= 15 is 0 Å². The van der Waals surface area contributed by atoms with Crippen LogP contribution in [-0.2, 0) is 0 Å². The van der Waals surface area contributed by atoms with Gasteiger partial charge in [0.25, 0.3) is 11.8 Å². The van der Waals surface area contributed by atoms with Gasteiger partial charge in [-0.2, -0.15) is 0 Å². The van der Waals surface area contributed by atoms with Gasteiger partial charge in [-0.15, -0.1) is 0 Å². The van der Waals surface area contributed by atoms with Gasteiger partial charge in [0, 0.05) is 6.92 Å². The first-order chi connectivity index (χ1) is 26.9. The first kappa shape index (κ1) is 40.4. The first-order valence-electron chi connectivity index (χ1n) is 16.9. The number of fused-ring (bicyclic) bond motifs is 2. The second-order valence-electron chi connectivity index (χ2n) is 12.2. The molecule has 0 aliphatic carbocycles. The zero-order valence-electron chi connectivity index (χ0n) is 30.6. The maximum Gasteiger partial charge on any atom is 0.304 e.